The van der Waals surface area contributed by atoms with E-state index in [1.54, 1.807) is 24.1 Å². The lowest BCUT2D eigenvalue weighted by Crippen LogP contribution is -2.35. The number of likely N-dealkylation sites (N-methyl/N-ethyl adjacent to an activating group) is 1. The molecule has 1 aliphatic heterocycles. The lowest BCUT2D eigenvalue weighted by molar-refractivity contribution is 0.0723. The van der Waals surface area contributed by atoms with Crippen molar-refractivity contribution in [1.29, 1.82) is 0 Å². The van der Waals surface area contributed by atoms with E-state index in [0.29, 0.717) is 35.8 Å². The Hall–Kier alpha value is -3.48. The number of piperidine rings is 1. The minimum Gasteiger partial charge on any atom is -0.341 e. The molecule has 0 atom stereocenters. The van der Waals surface area contributed by atoms with Crippen LogP contribution in [0.2, 0.25) is 0 Å². The van der Waals surface area contributed by atoms with Gasteiger partial charge in [-0.05, 0) is 55.7 Å². The second-order valence-corrected chi connectivity index (χ2v) is 7.79. The third-order valence-electron chi connectivity index (χ3n) is 5.53. The highest BCUT2D eigenvalue weighted by Gasteiger charge is 2.19. The fourth-order valence-corrected chi connectivity index (χ4v) is 3.68. The molecule has 2 aromatic carbocycles. The summed E-state index contributed by atoms with van der Waals surface area (Å²) >= 11 is 0. The molecular weight excluding hydrogens is 392 g/mol. The van der Waals surface area contributed by atoms with Crippen molar-refractivity contribution >= 4 is 11.8 Å². The molecule has 1 fully saturated rings. The molecule has 0 unspecified atom stereocenters. The first kappa shape index (κ1) is 20.8. The normalized spacial score (nSPS) is 13.8. The molecule has 4 rings (SSSR count). The molecule has 0 bridgehead atoms. The first-order valence-electron chi connectivity index (χ1n) is 10.6. The van der Waals surface area contributed by atoms with E-state index in [-0.39, 0.29) is 11.8 Å². The molecule has 2 heterocycles. The highest BCUT2D eigenvalue weighted by molar-refractivity contribution is 5.95. The summed E-state index contributed by atoms with van der Waals surface area (Å²) in [5, 5.41) is 4.03. The number of amides is 2. The van der Waals surface area contributed by atoms with Crippen LogP contribution < -0.4 is 0 Å². The van der Waals surface area contributed by atoms with Crippen LogP contribution in [0.15, 0.2) is 59.1 Å². The van der Waals surface area contributed by atoms with Crippen LogP contribution in [-0.2, 0) is 6.42 Å². The Morgan fingerprint density at radius 2 is 1.68 bits per heavy atom. The molecule has 0 radical (unpaired) electrons. The van der Waals surface area contributed by atoms with Crippen LogP contribution in [0, 0.1) is 0 Å². The van der Waals surface area contributed by atoms with Gasteiger partial charge in [0.05, 0.1) is 0 Å². The second-order valence-electron chi connectivity index (χ2n) is 7.79. The number of aromatic nitrogens is 2. The van der Waals surface area contributed by atoms with Crippen molar-refractivity contribution in [3.63, 3.8) is 0 Å². The molecule has 160 valence electrons. The Bertz CT molecular complexity index is 1020. The first-order chi connectivity index (χ1) is 15.1. The van der Waals surface area contributed by atoms with Gasteiger partial charge in [0.2, 0.25) is 0 Å². The zero-order chi connectivity index (χ0) is 21.6. The van der Waals surface area contributed by atoms with E-state index in [9.17, 15) is 9.59 Å². The lowest BCUT2D eigenvalue weighted by atomic mass is 10.1. The van der Waals surface area contributed by atoms with Gasteiger partial charge in [-0.3, -0.25) is 9.59 Å². The average Bonchev–Trinajstić information content (AvgIpc) is 3.32. The molecule has 0 saturated carbocycles. The fourth-order valence-electron chi connectivity index (χ4n) is 3.68. The van der Waals surface area contributed by atoms with Gasteiger partial charge in [0.25, 0.3) is 17.7 Å². The molecule has 0 aliphatic carbocycles. The van der Waals surface area contributed by atoms with Gasteiger partial charge in [0.15, 0.2) is 5.82 Å². The fraction of sp³-hybridized carbons (Fsp3) is 0.333. The van der Waals surface area contributed by atoms with Gasteiger partial charge < -0.3 is 14.3 Å². The number of nitrogens with zero attached hydrogens (tertiary/aromatic N) is 4. The van der Waals surface area contributed by atoms with Crippen molar-refractivity contribution in [3.8, 4) is 11.5 Å². The number of likely N-dealkylation sites (tertiary alicyclic amines) is 1. The molecule has 7 nitrogen and oxygen atoms in total. The maximum absolute atomic E-state index is 12.6. The molecule has 31 heavy (non-hydrogen) atoms. The van der Waals surface area contributed by atoms with E-state index in [1.165, 1.54) is 6.42 Å². The second kappa shape index (κ2) is 9.55. The molecule has 2 amide bonds. The summed E-state index contributed by atoms with van der Waals surface area (Å²) in [4.78, 5) is 33.0. The Morgan fingerprint density at radius 1 is 0.968 bits per heavy atom. The Labute approximate surface area is 181 Å². The van der Waals surface area contributed by atoms with Gasteiger partial charge in [-0.25, -0.2) is 0 Å². The first-order valence-corrected chi connectivity index (χ1v) is 10.6. The zero-order valence-corrected chi connectivity index (χ0v) is 17.7. The molecule has 1 saturated heterocycles. The van der Waals surface area contributed by atoms with Gasteiger partial charge >= 0.3 is 0 Å². The predicted molar refractivity (Wildman–Crippen MR) is 117 cm³/mol. The van der Waals surface area contributed by atoms with Crippen molar-refractivity contribution in [2.45, 2.75) is 25.7 Å². The summed E-state index contributed by atoms with van der Waals surface area (Å²) in [6.45, 7) is 2.14. The number of hydrogen-bond donors (Lipinski definition) is 0. The number of hydrogen-bond acceptors (Lipinski definition) is 5. The van der Waals surface area contributed by atoms with E-state index in [1.807, 2.05) is 47.4 Å². The smallest absolute Gasteiger partial charge is 0.257 e. The molecule has 0 spiro atoms. The number of rotatable bonds is 6. The van der Waals surface area contributed by atoms with Crippen molar-refractivity contribution in [2.24, 2.45) is 0 Å². The third kappa shape index (κ3) is 4.99. The topological polar surface area (TPSA) is 79.5 Å². The van der Waals surface area contributed by atoms with Crippen LogP contribution in [0.5, 0.6) is 0 Å². The van der Waals surface area contributed by atoms with Crippen LogP contribution in [0.25, 0.3) is 11.5 Å². The van der Waals surface area contributed by atoms with E-state index in [0.717, 1.165) is 31.5 Å². The number of benzene rings is 2. The molecule has 0 N–H and O–H groups in total. The zero-order valence-electron chi connectivity index (χ0n) is 17.7. The van der Waals surface area contributed by atoms with Crippen molar-refractivity contribution in [1.82, 2.24) is 19.9 Å². The van der Waals surface area contributed by atoms with E-state index < -0.39 is 0 Å². The SMILES string of the molecule is CN(CCc1noc(-c2ccc(C(=O)N3CCCCC3)cc2)n1)C(=O)c1ccccc1. The van der Waals surface area contributed by atoms with Crippen LogP contribution in [0.3, 0.4) is 0 Å². The summed E-state index contributed by atoms with van der Waals surface area (Å²) in [7, 11) is 1.76. The van der Waals surface area contributed by atoms with E-state index in [2.05, 4.69) is 10.1 Å². The van der Waals surface area contributed by atoms with Crippen LogP contribution >= 0.6 is 0 Å². The summed E-state index contributed by atoms with van der Waals surface area (Å²) < 4.78 is 5.38. The maximum Gasteiger partial charge on any atom is 0.257 e. The third-order valence-corrected chi connectivity index (χ3v) is 5.53. The minimum atomic E-state index is -0.0433. The van der Waals surface area contributed by atoms with Gasteiger partial charge in [0.1, 0.15) is 0 Å². The summed E-state index contributed by atoms with van der Waals surface area (Å²) in [6.07, 6.45) is 3.82. The largest absolute Gasteiger partial charge is 0.341 e. The Morgan fingerprint density at radius 3 is 2.39 bits per heavy atom. The monoisotopic (exact) mass is 418 g/mol. The van der Waals surface area contributed by atoms with Crippen molar-refractivity contribution in [2.75, 3.05) is 26.7 Å². The van der Waals surface area contributed by atoms with E-state index in [4.69, 9.17) is 4.52 Å². The summed E-state index contributed by atoms with van der Waals surface area (Å²) in [5.41, 5.74) is 2.09. The van der Waals surface area contributed by atoms with E-state index >= 15 is 0 Å². The van der Waals surface area contributed by atoms with Crippen LogP contribution in [0.1, 0.15) is 45.8 Å². The molecule has 1 aromatic heterocycles. The molecular formula is C24H26N4O3. The predicted octanol–water partition coefficient (Wildman–Crippen LogP) is 3.68. The van der Waals surface area contributed by atoms with Gasteiger partial charge in [-0.15, -0.1) is 0 Å². The minimum absolute atomic E-state index is 0.0433. The van der Waals surface area contributed by atoms with Crippen molar-refractivity contribution in [3.05, 3.63) is 71.5 Å². The maximum atomic E-state index is 12.6. The van der Waals surface area contributed by atoms with Crippen LogP contribution in [-0.4, -0.2) is 58.4 Å². The highest BCUT2D eigenvalue weighted by Crippen LogP contribution is 2.20. The van der Waals surface area contributed by atoms with Crippen molar-refractivity contribution < 1.29 is 14.1 Å². The quantitative estimate of drug-likeness (QED) is 0.610. The van der Waals surface area contributed by atoms with Gasteiger partial charge in [-0.1, -0.05) is 23.4 Å². The Balaban J connectivity index is 1.35. The standard InChI is InChI=1S/C24H26N4O3/c1-27(23(29)19-8-4-2-5-9-19)17-14-21-25-22(31-26-21)18-10-12-20(13-11-18)24(30)28-15-6-3-7-16-28/h2,4-5,8-13H,3,6-7,14-17H2,1H3. The molecule has 3 aromatic rings. The lowest BCUT2D eigenvalue weighted by Gasteiger charge is -2.26. The number of carbonyl (C=O) groups is 2. The van der Waals surface area contributed by atoms with Crippen LogP contribution in [0.4, 0.5) is 0 Å². The van der Waals surface area contributed by atoms with Gasteiger partial charge in [0, 0.05) is 49.8 Å². The number of carbonyl (C=O) groups excluding carboxylic acids is 2. The Kier molecular flexibility index (Phi) is 6.40. The highest BCUT2D eigenvalue weighted by atomic mass is 16.5. The summed E-state index contributed by atoms with van der Waals surface area (Å²) in [5.74, 6) is 0.974. The average molecular weight is 418 g/mol. The van der Waals surface area contributed by atoms with Gasteiger partial charge in [-0.2, -0.15) is 4.98 Å². The molecule has 7 heteroatoms. The molecule has 1 aliphatic rings. The summed E-state index contributed by atoms with van der Waals surface area (Å²) in [6, 6.07) is 16.4.